The summed E-state index contributed by atoms with van der Waals surface area (Å²) in [6, 6.07) is 16.8. The van der Waals surface area contributed by atoms with Crippen LogP contribution in [0, 0.1) is 13.8 Å². The van der Waals surface area contributed by atoms with Crippen molar-refractivity contribution in [2.75, 3.05) is 5.32 Å². The molecular weight excluding hydrogens is 372 g/mol. The zero-order chi connectivity index (χ0) is 20.3. The summed E-state index contributed by atoms with van der Waals surface area (Å²) >= 11 is 6.14. The molecule has 1 aromatic heterocycles. The van der Waals surface area contributed by atoms with Crippen molar-refractivity contribution in [1.29, 1.82) is 0 Å². The number of benzene rings is 2. The highest BCUT2D eigenvalue weighted by molar-refractivity contribution is 6.33. The highest BCUT2D eigenvalue weighted by Gasteiger charge is 2.19. The largest absolute Gasteiger partial charge is 0.343 e. The fraction of sp³-hybridized carbons (Fsp3) is 0.217. The van der Waals surface area contributed by atoms with Crippen LogP contribution in [0.2, 0.25) is 5.02 Å². The SMILES string of the molecule is CCc1cc(=O)c(C(=O)Nc2ccccc2Cl)c(C)n1Cc1ccc(C)cc1. The maximum Gasteiger partial charge on any atom is 0.261 e. The lowest BCUT2D eigenvalue weighted by molar-refractivity contribution is 0.102. The molecule has 1 amide bonds. The third kappa shape index (κ3) is 4.18. The van der Waals surface area contributed by atoms with Gasteiger partial charge < -0.3 is 9.88 Å². The minimum atomic E-state index is -0.448. The lowest BCUT2D eigenvalue weighted by Crippen LogP contribution is -2.28. The summed E-state index contributed by atoms with van der Waals surface area (Å²) in [7, 11) is 0. The molecule has 1 heterocycles. The fourth-order valence-corrected chi connectivity index (χ4v) is 3.43. The van der Waals surface area contributed by atoms with Crippen LogP contribution in [0.15, 0.2) is 59.4 Å². The average Bonchev–Trinajstić information content (AvgIpc) is 2.67. The van der Waals surface area contributed by atoms with Gasteiger partial charge in [0.2, 0.25) is 0 Å². The minimum Gasteiger partial charge on any atom is -0.343 e. The van der Waals surface area contributed by atoms with Gasteiger partial charge in [-0.25, -0.2) is 0 Å². The van der Waals surface area contributed by atoms with E-state index in [1.54, 1.807) is 30.3 Å². The van der Waals surface area contributed by atoms with Gasteiger partial charge in [-0.1, -0.05) is 60.5 Å². The van der Waals surface area contributed by atoms with Crippen molar-refractivity contribution >= 4 is 23.2 Å². The number of aromatic nitrogens is 1. The van der Waals surface area contributed by atoms with Gasteiger partial charge in [0.25, 0.3) is 5.91 Å². The van der Waals surface area contributed by atoms with E-state index in [2.05, 4.69) is 29.6 Å². The molecule has 0 saturated carbocycles. The predicted octanol–water partition coefficient (Wildman–Crippen LogP) is 4.98. The molecule has 4 nitrogen and oxygen atoms in total. The van der Waals surface area contributed by atoms with Gasteiger partial charge in [0, 0.05) is 24.0 Å². The second-order valence-electron chi connectivity index (χ2n) is 6.82. The monoisotopic (exact) mass is 394 g/mol. The van der Waals surface area contributed by atoms with Gasteiger partial charge in [-0.15, -0.1) is 0 Å². The highest BCUT2D eigenvalue weighted by atomic mass is 35.5. The quantitative estimate of drug-likeness (QED) is 0.663. The summed E-state index contributed by atoms with van der Waals surface area (Å²) in [5.74, 6) is -0.448. The smallest absolute Gasteiger partial charge is 0.261 e. The number of hydrogen-bond acceptors (Lipinski definition) is 2. The Labute approximate surface area is 169 Å². The van der Waals surface area contributed by atoms with E-state index in [1.165, 1.54) is 5.56 Å². The van der Waals surface area contributed by atoms with Gasteiger partial charge in [-0.2, -0.15) is 0 Å². The van der Waals surface area contributed by atoms with Crippen molar-refractivity contribution < 1.29 is 4.79 Å². The number of para-hydroxylation sites is 1. The van der Waals surface area contributed by atoms with Crippen molar-refractivity contribution in [3.05, 3.63) is 97.9 Å². The molecule has 144 valence electrons. The van der Waals surface area contributed by atoms with Crippen LogP contribution in [0.3, 0.4) is 0 Å². The molecule has 0 aliphatic carbocycles. The van der Waals surface area contributed by atoms with E-state index >= 15 is 0 Å². The van der Waals surface area contributed by atoms with Crippen molar-refractivity contribution in [2.45, 2.75) is 33.7 Å². The second-order valence-corrected chi connectivity index (χ2v) is 7.23. The van der Waals surface area contributed by atoms with Gasteiger partial charge in [-0.05, 0) is 38.0 Å². The van der Waals surface area contributed by atoms with E-state index in [0.29, 0.717) is 29.4 Å². The lowest BCUT2D eigenvalue weighted by atomic mass is 10.1. The molecule has 0 spiro atoms. The number of nitrogens with zero attached hydrogens (tertiary/aromatic N) is 1. The topological polar surface area (TPSA) is 51.1 Å². The molecule has 2 aromatic carbocycles. The third-order valence-corrected chi connectivity index (χ3v) is 5.16. The molecular formula is C23H23ClN2O2. The van der Waals surface area contributed by atoms with E-state index in [1.807, 2.05) is 25.3 Å². The third-order valence-electron chi connectivity index (χ3n) is 4.83. The lowest BCUT2D eigenvalue weighted by Gasteiger charge is -2.19. The maximum atomic E-state index is 12.9. The normalized spacial score (nSPS) is 10.7. The Morgan fingerprint density at radius 3 is 2.39 bits per heavy atom. The van der Waals surface area contributed by atoms with Crippen LogP contribution in [0.1, 0.15) is 39.8 Å². The zero-order valence-electron chi connectivity index (χ0n) is 16.3. The van der Waals surface area contributed by atoms with Gasteiger partial charge in [0.15, 0.2) is 5.43 Å². The van der Waals surface area contributed by atoms with Crippen LogP contribution >= 0.6 is 11.6 Å². The standard InChI is InChI=1S/C23H23ClN2O2/c1-4-18-13-21(27)22(23(28)25-20-8-6-5-7-19(20)24)16(3)26(18)14-17-11-9-15(2)10-12-17/h5-13H,4,14H2,1-3H3,(H,25,28). The molecule has 0 atom stereocenters. The number of halogens is 1. The first kappa shape index (κ1) is 19.9. The van der Waals surface area contributed by atoms with Crippen molar-refractivity contribution in [1.82, 2.24) is 4.57 Å². The van der Waals surface area contributed by atoms with Crippen LogP contribution in [-0.4, -0.2) is 10.5 Å². The van der Waals surface area contributed by atoms with Crippen molar-refractivity contribution in [3.8, 4) is 0 Å². The Kier molecular flexibility index (Phi) is 6.00. The Hall–Kier alpha value is -2.85. The number of nitrogens with one attached hydrogen (secondary N) is 1. The number of anilines is 1. The van der Waals surface area contributed by atoms with Gasteiger partial charge in [0.05, 0.1) is 10.7 Å². The number of hydrogen-bond donors (Lipinski definition) is 1. The number of aryl methyl sites for hydroxylation is 2. The summed E-state index contributed by atoms with van der Waals surface area (Å²) in [5.41, 5.74) is 4.20. The minimum absolute atomic E-state index is 0.143. The molecule has 0 unspecified atom stereocenters. The Morgan fingerprint density at radius 2 is 1.75 bits per heavy atom. The van der Waals surface area contributed by atoms with Crippen molar-refractivity contribution in [2.24, 2.45) is 0 Å². The summed E-state index contributed by atoms with van der Waals surface area (Å²) in [6.45, 7) is 6.46. The van der Waals surface area contributed by atoms with E-state index in [0.717, 1.165) is 11.3 Å². The van der Waals surface area contributed by atoms with Gasteiger partial charge in [0.1, 0.15) is 5.56 Å². The molecule has 0 bridgehead atoms. The number of carbonyl (C=O) groups is 1. The average molecular weight is 395 g/mol. The van der Waals surface area contributed by atoms with Crippen LogP contribution < -0.4 is 10.7 Å². The van der Waals surface area contributed by atoms with Crippen molar-refractivity contribution in [3.63, 3.8) is 0 Å². The fourth-order valence-electron chi connectivity index (χ4n) is 3.24. The first-order chi connectivity index (χ1) is 13.4. The first-order valence-electron chi connectivity index (χ1n) is 9.25. The number of carbonyl (C=O) groups excluding carboxylic acids is 1. The highest BCUT2D eigenvalue weighted by Crippen LogP contribution is 2.22. The van der Waals surface area contributed by atoms with E-state index < -0.39 is 5.91 Å². The number of pyridine rings is 1. The summed E-state index contributed by atoms with van der Waals surface area (Å²) < 4.78 is 2.04. The molecule has 3 rings (SSSR count). The summed E-state index contributed by atoms with van der Waals surface area (Å²) in [6.07, 6.45) is 0.703. The van der Waals surface area contributed by atoms with E-state index in [-0.39, 0.29) is 11.0 Å². The maximum absolute atomic E-state index is 12.9. The number of amides is 1. The molecule has 3 aromatic rings. The first-order valence-corrected chi connectivity index (χ1v) is 9.63. The molecule has 0 radical (unpaired) electrons. The van der Waals surface area contributed by atoms with Gasteiger partial charge in [-0.3, -0.25) is 9.59 Å². The molecule has 1 N–H and O–H groups in total. The molecule has 0 aliphatic heterocycles. The Morgan fingerprint density at radius 1 is 1.07 bits per heavy atom. The van der Waals surface area contributed by atoms with Crippen LogP contribution in [0.4, 0.5) is 5.69 Å². The summed E-state index contributed by atoms with van der Waals surface area (Å²) in [4.78, 5) is 25.6. The van der Waals surface area contributed by atoms with Gasteiger partial charge >= 0.3 is 0 Å². The molecule has 0 fully saturated rings. The van der Waals surface area contributed by atoms with E-state index in [4.69, 9.17) is 11.6 Å². The predicted molar refractivity (Wildman–Crippen MR) is 115 cm³/mol. The second kappa shape index (κ2) is 8.44. The number of rotatable bonds is 5. The molecule has 0 saturated heterocycles. The Bertz CT molecular complexity index is 1070. The molecule has 0 aliphatic rings. The molecule has 5 heteroatoms. The van der Waals surface area contributed by atoms with Crippen LogP contribution in [0.25, 0.3) is 0 Å². The van der Waals surface area contributed by atoms with Crippen LogP contribution in [-0.2, 0) is 13.0 Å². The zero-order valence-corrected chi connectivity index (χ0v) is 17.0. The van der Waals surface area contributed by atoms with E-state index in [9.17, 15) is 9.59 Å². The summed E-state index contributed by atoms with van der Waals surface area (Å²) in [5, 5.41) is 3.19. The van der Waals surface area contributed by atoms with Crippen LogP contribution in [0.5, 0.6) is 0 Å². The molecule has 28 heavy (non-hydrogen) atoms. The Balaban J connectivity index is 2.02.